The Morgan fingerprint density at radius 1 is 0.548 bits per heavy atom. The summed E-state index contributed by atoms with van der Waals surface area (Å²) >= 11 is -4.62. The van der Waals surface area contributed by atoms with Gasteiger partial charge in [0.25, 0.3) is 0 Å². The molecule has 12 N–H and O–H groups in total. The normalized spacial score (nSPS) is 13.5. The van der Waals surface area contributed by atoms with Gasteiger partial charge in [-0.15, -0.1) is 0 Å². The fourth-order valence-electron chi connectivity index (χ4n) is 1.73. The summed E-state index contributed by atoms with van der Waals surface area (Å²) in [6, 6.07) is -3.93. The van der Waals surface area contributed by atoms with Crippen LogP contribution >= 0.6 is 0 Å². The monoisotopic (exact) mass is 644 g/mol. The van der Waals surface area contributed by atoms with Crippen LogP contribution in [0.25, 0.3) is 0 Å². The molecule has 0 aliphatic rings. The minimum atomic E-state index is -4.62. The van der Waals surface area contributed by atoms with Gasteiger partial charge in [-0.2, -0.15) is 0 Å². The summed E-state index contributed by atoms with van der Waals surface area (Å²) < 4.78 is 14.8. The van der Waals surface area contributed by atoms with Gasteiger partial charge in [-0.1, -0.05) is 0 Å². The second kappa shape index (κ2) is 14.6. The van der Waals surface area contributed by atoms with Gasteiger partial charge in [-0.25, -0.2) is 0 Å². The first-order valence-corrected chi connectivity index (χ1v) is 13.2. The van der Waals surface area contributed by atoms with Gasteiger partial charge in [0.15, 0.2) is 0 Å². The fourth-order valence-corrected chi connectivity index (χ4v) is 5.45. The third kappa shape index (κ3) is 13.5. The molecule has 0 fully saturated rings. The number of carbonyl (C=O) groups excluding carboxylic acids is 6. The molecule has 0 saturated heterocycles. The molecule has 0 spiro atoms. The number of primary amides is 3. The Labute approximate surface area is 186 Å². The van der Waals surface area contributed by atoms with Crippen molar-refractivity contribution in [2.24, 2.45) is 34.4 Å². The predicted octanol–water partition coefficient (Wildman–Crippen LogP) is -4.62. The van der Waals surface area contributed by atoms with E-state index in [4.69, 9.17) is 42.8 Å². The molecule has 176 valence electrons. The first-order valence-electron chi connectivity index (χ1n) is 8.90. The van der Waals surface area contributed by atoms with Crippen molar-refractivity contribution < 1.29 is 37.2 Å². The zero-order chi connectivity index (χ0) is 24.1. The van der Waals surface area contributed by atoms with Crippen molar-refractivity contribution in [3.05, 3.63) is 0 Å². The molecule has 0 unspecified atom stereocenters. The van der Waals surface area contributed by atoms with Gasteiger partial charge in [-0.3, -0.25) is 0 Å². The van der Waals surface area contributed by atoms with E-state index >= 15 is 0 Å². The van der Waals surface area contributed by atoms with Crippen molar-refractivity contribution in [3.8, 4) is 0 Å². The Kier molecular flexibility index (Phi) is 13.4. The van der Waals surface area contributed by atoms with E-state index in [1.165, 1.54) is 0 Å². The van der Waals surface area contributed by atoms with E-state index in [1.807, 2.05) is 0 Å². The van der Waals surface area contributed by atoms with Crippen molar-refractivity contribution in [1.82, 2.24) is 0 Å². The van der Waals surface area contributed by atoms with Gasteiger partial charge < -0.3 is 0 Å². The molecular formula is C15H27BiN6O9. The van der Waals surface area contributed by atoms with Crippen LogP contribution in [0.15, 0.2) is 0 Å². The van der Waals surface area contributed by atoms with Gasteiger partial charge in [-0.05, 0) is 0 Å². The summed E-state index contributed by atoms with van der Waals surface area (Å²) in [4.78, 5) is 68.7. The zero-order valence-corrected chi connectivity index (χ0v) is 20.0. The second-order valence-corrected chi connectivity index (χ2v) is 10.2. The quantitative estimate of drug-likeness (QED) is 0.0918. The Balaban J connectivity index is 5.14. The number of hydrogen-bond acceptors (Lipinski definition) is 12. The average molecular weight is 644 g/mol. The van der Waals surface area contributed by atoms with Gasteiger partial charge in [0, 0.05) is 0 Å². The van der Waals surface area contributed by atoms with E-state index in [-0.39, 0.29) is 38.5 Å². The van der Waals surface area contributed by atoms with Gasteiger partial charge in [0.2, 0.25) is 0 Å². The molecule has 15 nitrogen and oxygen atoms in total. The van der Waals surface area contributed by atoms with Crippen molar-refractivity contribution in [1.29, 1.82) is 0 Å². The summed E-state index contributed by atoms with van der Waals surface area (Å²) in [6.45, 7) is 0. The van der Waals surface area contributed by atoms with E-state index in [9.17, 15) is 28.8 Å². The molecule has 0 rings (SSSR count). The van der Waals surface area contributed by atoms with Crippen molar-refractivity contribution in [3.63, 3.8) is 0 Å². The summed E-state index contributed by atoms with van der Waals surface area (Å²) in [6.07, 6.45) is -1.14. The molecule has 31 heavy (non-hydrogen) atoms. The van der Waals surface area contributed by atoms with Crippen LogP contribution in [0.2, 0.25) is 0 Å². The first-order chi connectivity index (χ1) is 14.3. The Hall–Kier alpha value is -2.42. The second-order valence-electron chi connectivity index (χ2n) is 6.29. The summed E-state index contributed by atoms with van der Waals surface area (Å²) in [5.74, 6) is -5.42. The van der Waals surface area contributed by atoms with Crippen LogP contribution in [0.4, 0.5) is 0 Å². The molecule has 0 aromatic heterocycles. The minimum absolute atomic E-state index is 0.163. The van der Waals surface area contributed by atoms with Gasteiger partial charge in [0.1, 0.15) is 0 Å². The number of rotatable bonds is 15. The molecule has 0 aromatic carbocycles. The van der Waals surface area contributed by atoms with E-state index in [1.54, 1.807) is 0 Å². The van der Waals surface area contributed by atoms with Crippen LogP contribution in [0.1, 0.15) is 38.5 Å². The van der Waals surface area contributed by atoms with Crippen molar-refractivity contribution >= 4 is 58.7 Å². The van der Waals surface area contributed by atoms with E-state index in [0.717, 1.165) is 0 Å². The van der Waals surface area contributed by atoms with Crippen LogP contribution in [0.5, 0.6) is 0 Å². The molecule has 0 radical (unpaired) electrons. The van der Waals surface area contributed by atoms with Gasteiger partial charge >= 0.3 is 187 Å². The Bertz CT molecular complexity index is 602. The number of nitrogens with two attached hydrogens (primary N) is 6. The summed E-state index contributed by atoms with van der Waals surface area (Å²) in [5, 5.41) is 0. The first kappa shape index (κ1) is 28.6. The van der Waals surface area contributed by atoms with Crippen LogP contribution < -0.4 is 34.4 Å². The summed E-state index contributed by atoms with van der Waals surface area (Å²) in [5.41, 5.74) is 31.6. The number of amides is 3. The average Bonchev–Trinajstić information content (AvgIpc) is 2.67. The molecule has 0 heterocycles. The topological polar surface area (TPSA) is 286 Å². The third-order valence-electron chi connectivity index (χ3n) is 3.51. The predicted molar refractivity (Wildman–Crippen MR) is 103 cm³/mol. The SMILES string of the molecule is NC(=O)CC[C@H](N)C(=O)[O][Bi]([O]C(=O)[C@@H](N)CCC(N)=O)[O]C(=O)[C@@H](N)CCC(N)=O. The van der Waals surface area contributed by atoms with E-state index in [2.05, 4.69) is 0 Å². The molecule has 3 atom stereocenters. The van der Waals surface area contributed by atoms with Crippen LogP contribution in [-0.4, -0.2) is 76.8 Å². The van der Waals surface area contributed by atoms with E-state index in [0.29, 0.717) is 0 Å². The molecule has 3 amide bonds. The molecule has 0 bridgehead atoms. The molecule has 0 aromatic rings. The Morgan fingerprint density at radius 3 is 0.968 bits per heavy atom. The van der Waals surface area contributed by atoms with Crippen LogP contribution in [0.3, 0.4) is 0 Å². The maximum absolute atomic E-state index is 12.1. The van der Waals surface area contributed by atoms with Crippen LogP contribution in [0, 0.1) is 0 Å². The molecule has 0 aliphatic carbocycles. The molecular weight excluding hydrogens is 617 g/mol. The zero-order valence-electron chi connectivity index (χ0n) is 16.6. The fraction of sp³-hybridized carbons (Fsp3) is 0.600. The third-order valence-corrected chi connectivity index (χ3v) is 7.34. The van der Waals surface area contributed by atoms with Crippen molar-refractivity contribution in [2.45, 2.75) is 56.7 Å². The standard InChI is InChI=1S/3C5H10N2O3.Bi/c3*6-3(5(9)10)1-2-4(7)8;/h3*3H,1-2,6H2,(H2,7,8)(H,9,10);/q;;;+3/p-3/t3*3-;/m000./s1. The van der Waals surface area contributed by atoms with E-state index < -0.39 is 76.8 Å². The maximum atomic E-state index is 12.1. The molecule has 16 heteroatoms. The summed E-state index contributed by atoms with van der Waals surface area (Å²) in [7, 11) is 0. The van der Waals surface area contributed by atoms with Crippen molar-refractivity contribution in [2.75, 3.05) is 0 Å². The van der Waals surface area contributed by atoms with Gasteiger partial charge in [0.05, 0.1) is 0 Å². The van der Waals surface area contributed by atoms with Crippen LogP contribution in [-0.2, 0) is 37.2 Å². The number of hydrogen-bond donors (Lipinski definition) is 6. The molecule has 0 aliphatic heterocycles. The Morgan fingerprint density at radius 2 is 0.774 bits per heavy atom. The number of carbonyl (C=O) groups is 6. The molecule has 0 saturated carbocycles.